The first-order valence-corrected chi connectivity index (χ1v) is 12.2. The van der Waals surface area contributed by atoms with E-state index in [2.05, 4.69) is 34.2 Å². The summed E-state index contributed by atoms with van der Waals surface area (Å²) in [6, 6.07) is 5.96. The van der Waals surface area contributed by atoms with Crippen LogP contribution in [0.1, 0.15) is 57.9 Å². The molecule has 1 aliphatic heterocycles. The molecule has 2 unspecified atom stereocenters. The number of ketones is 1. The molecule has 0 bridgehead atoms. The molecule has 7 nitrogen and oxygen atoms in total. The molecule has 34 heavy (non-hydrogen) atoms. The molecular weight excluding hydrogens is 500 g/mol. The van der Waals surface area contributed by atoms with Crippen molar-refractivity contribution in [2.75, 3.05) is 13.2 Å². The van der Waals surface area contributed by atoms with E-state index in [1.54, 1.807) is 6.07 Å². The first kappa shape index (κ1) is 25.6. The largest absolute Gasteiger partial charge is 0.490 e. The second-order valence-electron chi connectivity index (χ2n) is 8.40. The molecule has 0 saturated carbocycles. The van der Waals surface area contributed by atoms with Crippen LogP contribution in [-0.2, 0) is 9.59 Å². The number of ether oxygens (including phenoxy) is 2. The van der Waals surface area contributed by atoms with Gasteiger partial charge in [-0.3, -0.25) is 4.79 Å². The molecule has 3 rings (SSSR count). The van der Waals surface area contributed by atoms with Crippen molar-refractivity contribution >= 4 is 27.7 Å². The summed E-state index contributed by atoms with van der Waals surface area (Å²) < 4.78 is 12.2. The van der Waals surface area contributed by atoms with Gasteiger partial charge in [0, 0.05) is 29.5 Å². The summed E-state index contributed by atoms with van der Waals surface area (Å²) in [6.07, 6.45) is 5.70. The fourth-order valence-corrected chi connectivity index (χ4v) is 5.23. The molecule has 0 amide bonds. The third kappa shape index (κ3) is 5.53. The fraction of sp³-hybridized carbons (Fsp3) is 0.423. The van der Waals surface area contributed by atoms with Crippen molar-refractivity contribution in [1.82, 2.24) is 5.32 Å². The number of nitrogens with zero attached hydrogens (tertiary/aromatic N) is 1. The molecule has 8 heteroatoms. The lowest BCUT2D eigenvalue weighted by molar-refractivity contribution is -0.131. The Hall–Kier alpha value is -3.05. The van der Waals surface area contributed by atoms with Crippen molar-refractivity contribution in [2.24, 2.45) is 5.92 Å². The Morgan fingerprint density at radius 3 is 2.74 bits per heavy atom. The number of nitriles is 1. The summed E-state index contributed by atoms with van der Waals surface area (Å²) in [7, 11) is 0. The van der Waals surface area contributed by atoms with Crippen LogP contribution in [0.4, 0.5) is 0 Å². The van der Waals surface area contributed by atoms with Crippen LogP contribution in [0.15, 0.2) is 51.3 Å². The SMILES string of the molecule is CCCC1CC(=O)C2=C(C1)NC(C)=C(C#N)C2c1cc(Br)c(OC/C=C/C(=O)O)c(OCC)c1. The van der Waals surface area contributed by atoms with Crippen LogP contribution < -0.4 is 14.8 Å². The average Bonchev–Trinajstić information content (AvgIpc) is 2.77. The number of allylic oxidation sites excluding steroid dienone is 4. The molecule has 1 aromatic rings. The van der Waals surface area contributed by atoms with E-state index in [-0.39, 0.29) is 12.4 Å². The van der Waals surface area contributed by atoms with Gasteiger partial charge in [-0.15, -0.1) is 0 Å². The topological polar surface area (TPSA) is 109 Å². The summed E-state index contributed by atoms with van der Waals surface area (Å²) >= 11 is 3.54. The Bertz CT molecular complexity index is 1110. The van der Waals surface area contributed by atoms with Crippen LogP contribution in [-0.4, -0.2) is 30.1 Å². The number of benzene rings is 1. The van der Waals surface area contributed by atoms with Crippen molar-refractivity contribution < 1.29 is 24.2 Å². The Morgan fingerprint density at radius 2 is 2.09 bits per heavy atom. The molecule has 2 atom stereocenters. The zero-order chi connectivity index (χ0) is 24.8. The minimum atomic E-state index is -1.05. The molecule has 2 aliphatic rings. The van der Waals surface area contributed by atoms with Crippen LogP contribution in [0.5, 0.6) is 11.5 Å². The zero-order valence-corrected chi connectivity index (χ0v) is 21.2. The predicted octanol–water partition coefficient (Wildman–Crippen LogP) is 5.39. The van der Waals surface area contributed by atoms with Gasteiger partial charge in [0.05, 0.1) is 28.6 Å². The van der Waals surface area contributed by atoms with Crippen LogP contribution >= 0.6 is 15.9 Å². The number of dihydropyridines is 1. The highest BCUT2D eigenvalue weighted by Gasteiger charge is 2.39. The van der Waals surface area contributed by atoms with Crippen LogP contribution in [0.25, 0.3) is 0 Å². The number of carbonyl (C=O) groups excluding carboxylic acids is 1. The first-order chi connectivity index (χ1) is 16.3. The number of nitrogens with one attached hydrogen (secondary N) is 1. The van der Waals surface area contributed by atoms with Gasteiger partial charge in [-0.25, -0.2) is 4.79 Å². The number of aliphatic carboxylic acids is 1. The van der Waals surface area contributed by atoms with Crippen molar-refractivity contribution in [1.29, 1.82) is 5.26 Å². The summed E-state index contributed by atoms with van der Waals surface area (Å²) in [4.78, 5) is 24.0. The number of hydrogen-bond acceptors (Lipinski definition) is 6. The molecule has 1 aromatic carbocycles. The van der Waals surface area contributed by atoms with E-state index in [1.807, 2.05) is 19.9 Å². The second-order valence-corrected chi connectivity index (χ2v) is 9.26. The minimum absolute atomic E-state index is 0.0483. The van der Waals surface area contributed by atoms with Crippen LogP contribution in [0, 0.1) is 17.2 Å². The third-order valence-corrected chi connectivity index (χ3v) is 6.57. The molecular formula is C26H29BrN2O5. The molecule has 1 heterocycles. The number of Topliss-reactive ketones (excluding diaryl/α,β-unsaturated/α-hetero) is 1. The number of halogens is 1. The van der Waals surface area contributed by atoms with E-state index in [1.165, 1.54) is 6.08 Å². The van der Waals surface area contributed by atoms with Gasteiger partial charge in [-0.1, -0.05) is 13.3 Å². The van der Waals surface area contributed by atoms with Crippen LogP contribution in [0.2, 0.25) is 0 Å². The van der Waals surface area contributed by atoms with E-state index in [0.717, 1.165) is 42.3 Å². The van der Waals surface area contributed by atoms with Gasteiger partial charge in [0.2, 0.25) is 0 Å². The molecule has 0 spiro atoms. The quantitative estimate of drug-likeness (QED) is 0.413. The van der Waals surface area contributed by atoms with E-state index in [4.69, 9.17) is 14.6 Å². The maximum Gasteiger partial charge on any atom is 0.328 e. The summed E-state index contributed by atoms with van der Waals surface area (Å²) in [5, 5.41) is 22.1. The molecule has 0 saturated heterocycles. The third-order valence-electron chi connectivity index (χ3n) is 5.98. The van der Waals surface area contributed by atoms with Crippen molar-refractivity contribution in [2.45, 2.75) is 52.4 Å². The van der Waals surface area contributed by atoms with Gasteiger partial charge >= 0.3 is 5.97 Å². The Morgan fingerprint density at radius 1 is 1.32 bits per heavy atom. The van der Waals surface area contributed by atoms with Crippen LogP contribution in [0.3, 0.4) is 0 Å². The highest BCUT2D eigenvalue weighted by molar-refractivity contribution is 9.10. The van der Waals surface area contributed by atoms with Crippen molar-refractivity contribution in [3.63, 3.8) is 0 Å². The predicted molar refractivity (Wildman–Crippen MR) is 131 cm³/mol. The summed E-state index contributed by atoms with van der Waals surface area (Å²) in [5.74, 6) is -0.276. The normalized spacial score (nSPS) is 20.1. The van der Waals surface area contributed by atoms with Gasteiger partial charge in [-0.05, 0) is 72.3 Å². The average molecular weight is 529 g/mol. The minimum Gasteiger partial charge on any atom is -0.490 e. The lowest BCUT2D eigenvalue weighted by atomic mass is 9.72. The lowest BCUT2D eigenvalue weighted by Crippen LogP contribution is -2.34. The Kier molecular flexibility index (Phi) is 8.56. The highest BCUT2D eigenvalue weighted by atomic mass is 79.9. The van der Waals surface area contributed by atoms with Gasteiger partial charge in [0.25, 0.3) is 0 Å². The molecule has 2 N–H and O–H groups in total. The fourth-order valence-electron chi connectivity index (χ4n) is 4.65. The Balaban J connectivity index is 2.06. The van der Waals surface area contributed by atoms with E-state index >= 15 is 0 Å². The lowest BCUT2D eigenvalue weighted by Gasteiger charge is -2.35. The molecule has 1 aliphatic carbocycles. The molecule has 180 valence electrons. The summed E-state index contributed by atoms with van der Waals surface area (Å²) in [6.45, 7) is 6.27. The number of rotatable bonds is 9. The zero-order valence-electron chi connectivity index (χ0n) is 19.6. The number of carbonyl (C=O) groups is 2. The van der Waals surface area contributed by atoms with E-state index < -0.39 is 11.9 Å². The highest BCUT2D eigenvalue weighted by Crippen LogP contribution is 2.47. The summed E-state index contributed by atoms with van der Waals surface area (Å²) in [5.41, 5.74) is 3.58. The van der Waals surface area contributed by atoms with E-state index in [9.17, 15) is 14.9 Å². The number of carboxylic acid groups (broad SMARTS) is 1. The van der Waals surface area contributed by atoms with Crippen molar-refractivity contribution in [3.8, 4) is 17.6 Å². The van der Waals surface area contributed by atoms with Gasteiger partial charge in [-0.2, -0.15) is 5.26 Å². The number of carboxylic acids is 1. The standard InChI is InChI=1S/C26H29BrN2O5/c1-4-7-16-10-20-25(21(30)11-16)24(18(14-28)15(3)29-20)17-12-19(27)26(22(13-17)33-5-2)34-9-6-8-23(31)32/h6,8,12-13,16,24,29H,4-5,7,9-11H2,1-3H3,(H,31,32)/b8-6+. The first-order valence-electron chi connectivity index (χ1n) is 11.4. The smallest absolute Gasteiger partial charge is 0.328 e. The van der Waals surface area contributed by atoms with E-state index in [0.29, 0.717) is 46.1 Å². The van der Waals surface area contributed by atoms with Gasteiger partial charge < -0.3 is 19.9 Å². The second kappa shape index (κ2) is 11.4. The Labute approximate surface area is 208 Å². The maximum atomic E-state index is 13.3. The molecule has 0 radical (unpaired) electrons. The van der Waals surface area contributed by atoms with Crippen molar-refractivity contribution in [3.05, 3.63) is 56.9 Å². The van der Waals surface area contributed by atoms with Gasteiger partial charge in [0.1, 0.15) is 6.61 Å². The monoisotopic (exact) mass is 528 g/mol. The molecule has 0 aromatic heterocycles. The van der Waals surface area contributed by atoms with Gasteiger partial charge in [0.15, 0.2) is 17.3 Å². The molecule has 0 fully saturated rings. The maximum absolute atomic E-state index is 13.3. The number of hydrogen-bond donors (Lipinski definition) is 2.